The highest BCUT2D eigenvalue weighted by Gasteiger charge is 2.38. The summed E-state index contributed by atoms with van der Waals surface area (Å²) in [6, 6.07) is 12.8. The Bertz CT molecular complexity index is 1030. The van der Waals surface area contributed by atoms with Gasteiger partial charge in [-0.05, 0) is 51.0 Å². The Hall–Kier alpha value is -2.10. The van der Waals surface area contributed by atoms with Gasteiger partial charge in [0.05, 0.1) is 16.5 Å². The van der Waals surface area contributed by atoms with Crippen molar-refractivity contribution < 1.29 is 36.2 Å². The summed E-state index contributed by atoms with van der Waals surface area (Å²) in [5.41, 5.74) is 0.605. The summed E-state index contributed by atoms with van der Waals surface area (Å²) in [5.74, 6) is 0.237. The molecule has 1 fully saturated rings. The Balaban J connectivity index is 0.000000273. The molecule has 1 atom stereocenters. The predicted molar refractivity (Wildman–Crippen MR) is 135 cm³/mol. The lowest BCUT2D eigenvalue weighted by molar-refractivity contribution is -0.189. The fourth-order valence-electron chi connectivity index (χ4n) is 3.38. The second kappa shape index (κ2) is 14.6. The van der Waals surface area contributed by atoms with Crippen LogP contribution in [0.2, 0.25) is 5.02 Å². The van der Waals surface area contributed by atoms with Crippen LogP contribution >= 0.6 is 11.6 Å². The standard InChI is InChI=1S/C10H11F3O.C9H16O2.C7H7ClO2S/c1-7-3-5-9(6-4-7)14-8(2)10(11,12)13;10-7-9(8-11)5-3-1-2-4-6-9;1-11(9,10)7-5-3-2-4-6(7)8/h3-6,8H,1-2H3;7,11H,1-6,8H2;2-5H,1H3. The first-order valence-corrected chi connectivity index (χ1v) is 13.8. The maximum atomic E-state index is 12.1. The van der Waals surface area contributed by atoms with Gasteiger partial charge in [0.1, 0.15) is 12.0 Å². The van der Waals surface area contributed by atoms with E-state index in [4.69, 9.17) is 21.4 Å². The third-order valence-corrected chi connectivity index (χ3v) is 7.29. The minimum atomic E-state index is -4.31. The van der Waals surface area contributed by atoms with E-state index in [1.165, 1.54) is 31.0 Å². The molecule has 1 N–H and O–H groups in total. The van der Waals surface area contributed by atoms with Gasteiger partial charge in [0, 0.05) is 11.7 Å². The summed E-state index contributed by atoms with van der Waals surface area (Å²) in [6.07, 6.45) is 2.39. The lowest BCUT2D eigenvalue weighted by Gasteiger charge is -2.22. The van der Waals surface area contributed by atoms with E-state index in [0.717, 1.165) is 50.7 Å². The first-order chi connectivity index (χ1) is 16.7. The lowest BCUT2D eigenvalue weighted by Crippen LogP contribution is -2.31. The van der Waals surface area contributed by atoms with E-state index in [-0.39, 0.29) is 27.7 Å². The zero-order chi connectivity index (χ0) is 27.4. The molecule has 2 aromatic rings. The number of hydrogen-bond acceptors (Lipinski definition) is 5. The van der Waals surface area contributed by atoms with Crippen molar-refractivity contribution >= 4 is 27.7 Å². The number of aryl methyl sites for hydroxylation is 1. The first kappa shape index (κ1) is 31.9. The Kier molecular flexibility index (Phi) is 12.9. The van der Waals surface area contributed by atoms with Gasteiger partial charge in [0.15, 0.2) is 15.9 Å². The highest BCUT2D eigenvalue weighted by atomic mass is 35.5. The van der Waals surface area contributed by atoms with Crippen LogP contribution < -0.4 is 4.74 Å². The second-order valence-corrected chi connectivity index (χ2v) is 11.3. The van der Waals surface area contributed by atoms with Crippen molar-refractivity contribution in [1.29, 1.82) is 0 Å². The van der Waals surface area contributed by atoms with E-state index in [9.17, 15) is 26.4 Å². The number of halogens is 4. The average molecular weight is 551 g/mol. The Morgan fingerprint density at radius 3 is 1.97 bits per heavy atom. The van der Waals surface area contributed by atoms with Crippen LogP contribution in [-0.2, 0) is 14.6 Å². The number of aliphatic hydroxyl groups excluding tert-OH is 1. The molecular formula is C26H34ClF3O5S. The van der Waals surface area contributed by atoms with E-state index >= 15 is 0 Å². The largest absolute Gasteiger partial charge is 0.481 e. The molecule has 10 heteroatoms. The molecule has 3 rings (SSSR count). The van der Waals surface area contributed by atoms with Crippen molar-refractivity contribution in [3.63, 3.8) is 0 Å². The molecule has 0 saturated heterocycles. The molecule has 0 bridgehead atoms. The van der Waals surface area contributed by atoms with Crippen molar-refractivity contribution in [1.82, 2.24) is 0 Å². The topological polar surface area (TPSA) is 80.7 Å². The summed E-state index contributed by atoms with van der Waals surface area (Å²) in [6.45, 7) is 2.88. The number of sulfone groups is 1. The fraction of sp³-hybridized carbons (Fsp3) is 0.500. The lowest BCUT2D eigenvalue weighted by atomic mass is 9.83. The van der Waals surface area contributed by atoms with E-state index in [1.807, 2.05) is 6.92 Å². The summed E-state index contributed by atoms with van der Waals surface area (Å²) >= 11 is 5.63. The SMILES string of the molecule is CS(=O)(=O)c1ccccc1Cl.Cc1ccc(OC(C)C(F)(F)F)cc1.O=CC1(CO)CCCCCC1. The zero-order valence-electron chi connectivity index (χ0n) is 20.7. The predicted octanol–water partition coefficient (Wildman–Crippen LogP) is 6.59. The monoisotopic (exact) mass is 550 g/mol. The third-order valence-electron chi connectivity index (χ3n) is 5.70. The Morgan fingerprint density at radius 2 is 1.58 bits per heavy atom. The van der Waals surface area contributed by atoms with Gasteiger partial charge >= 0.3 is 6.18 Å². The molecule has 36 heavy (non-hydrogen) atoms. The molecule has 2 aromatic carbocycles. The summed E-state index contributed by atoms with van der Waals surface area (Å²) in [4.78, 5) is 10.9. The van der Waals surface area contributed by atoms with Gasteiger partial charge in [-0.2, -0.15) is 13.2 Å². The molecule has 1 aliphatic carbocycles. The van der Waals surface area contributed by atoms with E-state index < -0.39 is 22.1 Å². The Morgan fingerprint density at radius 1 is 1.06 bits per heavy atom. The molecule has 1 unspecified atom stereocenters. The second-order valence-electron chi connectivity index (χ2n) is 8.87. The maximum Gasteiger partial charge on any atom is 0.425 e. The zero-order valence-corrected chi connectivity index (χ0v) is 22.3. The van der Waals surface area contributed by atoms with E-state index in [1.54, 1.807) is 30.3 Å². The van der Waals surface area contributed by atoms with Gasteiger partial charge in [-0.15, -0.1) is 0 Å². The van der Waals surface area contributed by atoms with Crippen LogP contribution in [0.5, 0.6) is 5.75 Å². The molecule has 1 aliphatic rings. The highest BCUT2D eigenvalue weighted by molar-refractivity contribution is 7.90. The number of hydrogen-bond donors (Lipinski definition) is 1. The van der Waals surface area contributed by atoms with Crippen molar-refractivity contribution in [2.45, 2.75) is 69.5 Å². The molecule has 1 saturated carbocycles. The fourth-order valence-corrected chi connectivity index (χ4v) is 4.68. The van der Waals surface area contributed by atoms with Gasteiger partial charge in [0.25, 0.3) is 0 Å². The minimum absolute atomic E-state index is 0.0382. The number of carbonyl (C=O) groups excluding carboxylic acids is 1. The smallest absolute Gasteiger partial charge is 0.425 e. The molecular weight excluding hydrogens is 517 g/mol. The van der Waals surface area contributed by atoms with Crippen molar-refractivity contribution in [2.75, 3.05) is 12.9 Å². The third kappa shape index (κ3) is 11.3. The highest BCUT2D eigenvalue weighted by Crippen LogP contribution is 2.32. The van der Waals surface area contributed by atoms with Crippen LogP contribution in [0.4, 0.5) is 13.2 Å². The minimum Gasteiger partial charge on any atom is -0.481 e. The number of benzene rings is 2. The van der Waals surface area contributed by atoms with Crippen molar-refractivity contribution in [3.8, 4) is 5.75 Å². The molecule has 0 radical (unpaired) electrons. The molecule has 0 aromatic heterocycles. The summed E-state index contributed by atoms with van der Waals surface area (Å²) in [5, 5.41) is 9.31. The van der Waals surface area contributed by atoms with Crippen LogP contribution in [0.3, 0.4) is 0 Å². The first-order valence-electron chi connectivity index (χ1n) is 11.6. The molecule has 5 nitrogen and oxygen atoms in total. The molecule has 202 valence electrons. The molecule has 0 amide bonds. The van der Waals surface area contributed by atoms with Crippen LogP contribution in [-0.4, -0.2) is 45.0 Å². The average Bonchev–Trinajstić information content (AvgIpc) is 3.06. The van der Waals surface area contributed by atoms with Gasteiger partial charge in [-0.25, -0.2) is 8.42 Å². The number of carbonyl (C=O) groups is 1. The molecule has 0 heterocycles. The maximum absolute atomic E-state index is 12.1. The Labute approximate surface area is 216 Å². The van der Waals surface area contributed by atoms with Crippen LogP contribution in [0, 0.1) is 12.3 Å². The van der Waals surface area contributed by atoms with E-state index in [2.05, 4.69) is 0 Å². The number of ether oxygens (including phenoxy) is 1. The quantitative estimate of drug-likeness (QED) is 0.336. The van der Waals surface area contributed by atoms with E-state index in [0.29, 0.717) is 0 Å². The summed E-state index contributed by atoms with van der Waals surface area (Å²) < 4.78 is 62.9. The van der Waals surface area contributed by atoms with Gasteiger partial charge in [-0.3, -0.25) is 0 Å². The van der Waals surface area contributed by atoms with Crippen molar-refractivity contribution in [3.05, 3.63) is 59.1 Å². The number of aliphatic hydroxyl groups is 1. The van der Waals surface area contributed by atoms with Crippen LogP contribution in [0.15, 0.2) is 53.4 Å². The summed E-state index contributed by atoms with van der Waals surface area (Å²) in [7, 11) is -3.17. The molecule has 0 aliphatic heterocycles. The van der Waals surface area contributed by atoms with Gasteiger partial charge in [-0.1, -0.05) is 67.1 Å². The van der Waals surface area contributed by atoms with Crippen LogP contribution in [0.25, 0.3) is 0 Å². The molecule has 0 spiro atoms. The van der Waals surface area contributed by atoms with Crippen molar-refractivity contribution in [2.24, 2.45) is 5.41 Å². The number of rotatable bonds is 5. The normalized spacial score (nSPS) is 16.2. The van der Waals surface area contributed by atoms with Gasteiger partial charge < -0.3 is 14.6 Å². The number of aldehydes is 1. The van der Waals surface area contributed by atoms with Gasteiger partial charge in [0.2, 0.25) is 0 Å². The van der Waals surface area contributed by atoms with Crippen LogP contribution in [0.1, 0.15) is 51.0 Å². The number of alkyl halides is 3.